The van der Waals surface area contributed by atoms with Crippen LogP contribution in [0.15, 0.2) is 42.6 Å². The number of carboxylic acids is 1. The summed E-state index contributed by atoms with van der Waals surface area (Å²) >= 11 is 0. The summed E-state index contributed by atoms with van der Waals surface area (Å²) in [7, 11) is 0. The fraction of sp³-hybridized carbons (Fsp3) is 0.433. The minimum atomic E-state index is -1.04. The molecule has 2 unspecified atom stereocenters. The molecule has 2 atom stereocenters. The number of aromatic nitrogens is 2. The highest BCUT2D eigenvalue weighted by molar-refractivity contribution is 6.01. The van der Waals surface area contributed by atoms with Crippen LogP contribution in [0, 0.1) is 0 Å². The van der Waals surface area contributed by atoms with Gasteiger partial charge in [-0.05, 0) is 54.3 Å². The van der Waals surface area contributed by atoms with E-state index in [0.717, 1.165) is 61.6 Å². The second-order valence-electron chi connectivity index (χ2n) is 11.0. The van der Waals surface area contributed by atoms with Crippen LogP contribution in [-0.4, -0.2) is 94.2 Å². The van der Waals surface area contributed by atoms with Crippen molar-refractivity contribution in [2.45, 2.75) is 44.5 Å². The van der Waals surface area contributed by atoms with Crippen LogP contribution in [0.4, 0.5) is 5.95 Å². The Bertz CT molecular complexity index is 1510. The predicted molar refractivity (Wildman–Crippen MR) is 153 cm³/mol. The minimum Gasteiger partial charge on any atom is -0.489 e. The number of rotatable bonds is 10. The normalized spacial score (nSPS) is 19.7. The highest BCUT2D eigenvalue weighted by Gasteiger charge is 2.36. The summed E-state index contributed by atoms with van der Waals surface area (Å²) in [6, 6.07) is 10.7. The zero-order chi connectivity index (χ0) is 29.2. The van der Waals surface area contributed by atoms with Gasteiger partial charge in [-0.3, -0.25) is 19.3 Å². The van der Waals surface area contributed by atoms with E-state index in [0.29, 0.717) is 24.5 Å². The fourth-order valence-electron chi connectivity index (χ4n) is 5.93. The molecule has 2 aromatic carbocycles. The quantitative estimate of drug-likeness (QED) is 0.367. The third-order valence-corrected chi connectivity index (χ3v) is 8.11. The Morgan fingerprint density at radius 3 is 2.76 bits per heavy atom. The lowest BCUT2D eigenvalue weighted by Crippen LogP contribution is -2.45. The molecule has 0 spiro atoms. The smallest absolute Gasteiger partial charge is 0.303 e. The lowest BCUT2D eigenvalue weighted by atomic mass is 10.1. The molecule has 0 aliphatic carbocycles. The zero-order valence-electron chi connectivity index (χ0n) is 23.3. The minimum absolute atomic E-state index is 0.00469. The van der Waals surface area contributed by atoms with Crippen molar-refractivity contribution in [2.24, 2.45) is 5.73 Å². The fourth-order valence-corrected chi connectivity index (χ4v) is 5.93. The second-order valence-corrected chi connectivity index (χ2v) is 11.0. The Balaban J connectivity index is 1.05. The number of carbonyl (C=O) groups is 3. The van der Waals surface area contributed by atoms with Crippen molar-refractivity contribution in [3.05, 3.63) is 59.3 Å². The van der Waals surface area contributed by atoms with E-state index in [-0.39, 0.29) is 31.4 Å². The third-order valence-electron chi connectivity index (χ3n) is 8.11. The van der Waals surface area contributed by atoms with Crippen LogP contribution < -0.4 is 15.4 Å². The van der Waals surface area contributed by atoms with Gasteiger partial charge in [-0.15, -0.1) is 0 Å². The Labute approximate surface area is 243 Å². The molecule has 3 aliphatic rings. The molecule has 42 heavy (non-hydrogen) atoms. The molecule has 2 saturated heterocycles. The summed E-state index contributed by atoms with van der Waals surface area (Å²) in [5.74, 6) is -0.671. The third kappa shape index (κ3) is 6.00. The number of nitrogens with zero attached hydrogens (tertiary/aromatic N) is 5. The number of likely N-dealkylation sites (tertiary alicyclic amines) is 1. The van der Waals surface area contributed by atoms with Crippen molar-refractivity contribution in [3.63, 3.8) is 0 Å². The number of fused-ring (bicyclic) bond motifs is 2. The molecular formula is C30H34N6O6. The molecule has 0 bridgehead atoms. The van der Waals surface area contributed by atoms with E-state index in [9.17, 15) is 14.4 Å². The van der Waals surface area contributed by atoms with E-state index in [4.69, 9.17) is 25.3 Å². The van der Waals surface area contributed by atoms with Crippen molar-refractivity contribution < 1.29 is 29.0 Å². The van der Waals surface area contributed by atoms with Gasteiger partial charge in [0.1, 0.15) is 17.9 Å². The van der Waals surface area contributed by atoms with Crippen LogP contribution in [0.2, 0.25) is 0 Å². The molecule has 2 amide bonds. The number of carboxylic acid groups (broad SMARTS) is 1. The van der Waals surface area contributed by atoms with Gasteiger partial charge in [-0.1, -0.05) is 6.07 Å². The number of hydrogen-bond acceptors (Lipinski definition) is 9. The van der Waals surface area contributed by atoms with Crippen molar-refractivity contribution in [3.8, 4) is 5.75 Å². The van der Waals surface area contributed by atoms with Crippen molar-refractivity contribution in [1.82, 2.24) is 19.8 Å². The van der Waals surface area contributed by atoms with E-state index in [1.54, 1.807) is 12.1 Å². The molecule has 0 radical (unpaired) electrons. The van der Waals surface area contributed by atoms with Crippen molar-refractivity contribution in [1.29, 1.82) is 0 Å². The lowest BCUT2D eigenvalue weighted by Gasteiger charge is -2.26. The van der Waals surface area contributed by atoms with Gasteiger partial charge in [0, 0.05) is 62.8 Å². The molecule has 2 fully saturated rings. The first-order valence-corrected chi connectivity index (χ1v) is 14.3. The number of ether oxygens (including phenoxy) is 2. The number of aliphatic carboxylic acids is 1. The number of benzene rings is 2. The SMILES string of the molecule is NC(=O)C(CCC(=O)O)N1Cc2cc(OC3CCN(Cc4ccc5nc(N6CCOCC6)ncc5c4)C3)ccc2C1=O. The standard InChI is InChI=1S/C30H34N6O6/c31-28(39)26(5-6-27(37)38)36-17-21-14-22(2-3-24(21)29(36)40)42-23-7-8-34(18-23)16-19-1-4-25-20(13-19)15-32-30(33-25)35-9-11-41-12-10-35/h1-4,13-15,23,26H,5-12,16-18H2,(H2,31,39)(H,37,38). The Hall–Kier alpha value is -4.29. The van der Waals surface area contributed by atoms with Gasteiger partial charge in [0.05, 0.1) is 18.7 Å². The van der Waals surface area contributed by atoms with E-state index < -0.39 is 17.9 Å². The molecule has 12 heteroatoms. The number of hydrogen-bond donors (Lipinski definition) is 2. The van der Waals surface area contributed by atoms with Gasteiger partial charge in [0.15, 0.2) is 0 Å². The first kappa shape index (κ1) is 27.9. The van der Waals surface area contributed by atoms with Crippen LogP contribution in [0.5, 0.6) is 5.75 Å². The Morgan fingerprint density at radius 1 is 1.14 bits per heavy atom. The second kappa shape index (κ2) is 11.9. The topological polar surface area (TPSA) is 151 Å². The molecule has 0 saturated carbocycles. The van der Waals surface area contributed by atoms with Gasteiger partial charge < -0.3 is 30.1 Å². The van der Waals surface area contributed by atoms with Crippen molar-refractivity contribution in [2.75, 3.05) is 44.3 Å². The van der Waals surface area contributed by atoms with Gasteiger partial charge >= 0.3 is 5.97 Å². The molecular weight excluding hydrogens is 540 g/mol. The first-order valence-electron chi connectivity index (χ1n) is 14.3. The maximum Gasteiger partial charge on any atom is 0.303 e. The van der Waals surface area contributed by atoms with Crippen molar-refractivity contribution >= 4 is 34.6 Å². The van der Waals surface area contributed by atoms with Crippen LogP contribution in [-0.2, 0) is 27.4 Å². The number of primary amides is 1. The van der Waals surface area contributed by atoms with Crippen LogP contribution in [0.1, 0.15) is 40.7 Å². The largest absolute Gasteiger partial charge is 0.489 e. The lowest BCUT2D eigenvalue weighted by molar-refractivity contribution is -0.137. The number of anilines is 1. The molecule has 4 heterocycles. The van der Waals surface area contributed by atoms with Crippen LogP contribution in [0.25, 0.3) is 10.9 Å². The summed E-state index contributed by atoms with van der Waals surface area (Å²) in [6.07, 6.45) is 2.50. The summed E-state index contributed by atoms with van der Waals surface area (Å²) in [5.41, 5.74) is 8.84. The van der Waals surface area contributed by atoms with Gasteiger partial charge in [-0.2, -0.15) is 0 Å². The average Bonchev–Trinajstić information content (AvgIpc) is 3.56. The first-order chi connectivity index (χ1) is 20.3. The number of amides is 2. The molecule has 3 aliphatic heterocycles. The number of nitrogens with two attached hydrogens (primary N) is 1. The summed E-state index contributed by atoms with van der Waals surface area (Å²) in [4.78, 5) is 51.1. The Kier molecular flexibility index (Phi) is 7.90. The molecule has 1 aromatic heterocycles. The van der Waals surface area contributed by atoms with E-state index >= 15 is 0 Å². The monoisotopic (exact) mass is 574 g/mol. The highest BCUT2D eigenvalue weighted by Crippen LogP contribution is 2.31. The Morgan fingerprint density at radius 2 is 1.98 bits per heavy atom. The van der Waals surface area contributed by atoms with Crippen LogP contribution >= 0.6 is 0 Å². The highest BCUT2D eigenvalue weighted by atomic mass is 16.5. The van der Waals surface area contributed by atoms with E-state index in [2.05, 4.69) is 33.0 Å². The number of morpholine rings is 1. The van der Waals surface area contributed by atoms with E-state index in [1.165, 1.54) is 10.5 Å². The maximum absolute atomic E-state index is 12.9. The molecule has 12 nitrogen and oxygen atoms in total. The molecule has 3 N–H and O–H groups in total. The van der Waals surface area contributed by atoms with Crippen LogP contribution in [0.3, 0.4) is 0 Å². The summed E-state index contributed by atoms with van der Waals surface area (Å²) < 4.78 is 11.7. The maximum atomic E-state index is 12.9. The number of carbonyl (C=O) groups excluding carboxylic acids is 2. The predicted octanol–water partition coefficient (Wildman–Crippen LogP) is 1.79. The summed E-state index contributed by atoms with van der Waals surface area (Å²) in [6.45, 7) is 5.64. The molecule has 6 rings (SSSR count). The molecule has 220 valence electrons. The van der Waals surface area contributed by atoms with E-state index in [1.807, 2.05) is 12.3 Å². The summed E-state index contributed by atoms with van der Waals surface area (Å²) in [5, 5.41) is 10.0. The molecule has 3 aromatic rings. The van der Waals surface area contributed by atoms with Gasteiger partial charge in [0.25, 0.3) is 5.91 Å². The van der Waals surface area contributed by atoms with Gasteiger partial charge in [-0.25, -0.2) is 9.97 Å². The average molecular weight is 575 g/mol. The van der Waals surface area contributed by atoms with Gasteiger partial charge in [0.2, 0.25) is 11.9 Å². The zero-order valence-corrected chi connectivity index (χ0v) is 23.3.